The summed E-state index contributed by atoms with van der Waals surface area (Å²) in [6, 6.07) is 11.7. The van der Waals surface area contributed by atoms with Crippen molar-refractivity contribution in [3.63, 3.8) is 0 Å². The first-order valence-electron chi connectivity index (χ1n) is 14.5. The third kappa shape index (κ3) is 5.00. The number of nitrogens with two attached hydrogens (primary N) is 1. The third-order valence-corrected chi connectivity index (χ3v) is 8.44. The van der Waals surface area contributed by atoms with E-state index < -0.39 is 0 Å². The molecule has 11 heteroatoms. The van der Waals surface area contributed by atoms with Gasteiger partial charge in [0.2, 0.25) is 11.9 Å². The normalized spacial score (nSPS) is 18.8. The Balaban J connectivity index is 1.04. The van der Waals surface area contributed by atoms with Crippen molar-refractivity contribution in [2.45, 2.75) is 31.7 Å². The van der Waals surface area contributed by atoms with Gasteiger partial charge in [0.05, 0.1) is 18.5 Å². The fourth-order valence-corrected chi connectivity index (χ4v) is 6.26. The fraction of sp³-hybridized carbons (Fsp3) is 0.323. The van der Waals surface area contributed by atoms with Gasteiger partial charge in [-0.15, -0.1) is 5.10 Å². The van der Waals surface area contributed by atoms with E-state index in [0.29, 0.717) is 23.2 Å². The molecule has 0 radical (unpaired) electrons. The molecule has 0 unspecified atom stereocenters. The van der Waals surface area contributed by atoms with Crippen molar-refractivity contribution in [2.24, 2.45) is 5.10 Å². The second-order valence-corrected chi connectivity index (χ2v) is 11.0. The van der Waals surface area contributed by atoms with E-state index in [1.165, 1.54) is 36.7 Å². The number of aromatic nitrogens is 3. The average Bonchev–Trinajstić information content (AvgIpc) is 3.63. The summed E-state index contributed by atoms with van der Waals surface area (Å²) in [6.07, 6.45) is 12.6. The molecule has 0 amide bonds. The number of piperidine rings is 1. The largest absolute Gasteiger partial charge is 0.497 e. The molecule has 2 saturated heterocycles. The van der Waals surface area contributed by atoms with Gasteiger partial charge in [0.1, 0.15) is 11.6 Å². The monoisotopic (exact) mass is 567 g/mol. The lowest BCUT2D eigenvalue weighted by atomic mass is 9.98. The molecule has 4 N–H and O–H groups in total. The van der Waals surface area contributed by atoms with Gasteiger partial charge in [0.25, 0.3) is 0 Å². The van der Waals surface area contributed by atoms with Crippen LogP contribution in [0, 0.1) is 5.82 Å². The minimum atomic E-state index is -0.267. The minimum Gasteiger partial charge on any atom is -0.497 e. The van der Waals surface area contributed by atoms with E-state index in [1.807, 2.05) is 54.6 Å². The molecular weight excluding hydrogens is 533 g/mol. The Kier molecular flexibility index (Phi) is 6.87. The van der Waals surface area contributed by atoms with Gasteiger partial charge in [-0.05, 0) is 86.8 Å². The van der Waals surface area contributed by atoms with Crippen LogP contribution in [0.25, 0.3) is 11.9 Å². The number of likely N-dealkylation sites (tertiary alicyclic amines) is 1. The molecule has 0 atom stereocenters. The molecule has 2 aromatic carbocycles. The average molecular weight is 568 g/mol. The van der Waals surface area contributed by atoms with Crippen molar-refractivity contribution in [1.29, 1.82) is 0 Å². The number of nitrogen functional groups attached to an aromatic ring is 1. The lowest BCUT2D eigenvalue weighted by molar-refractivity contribution is 0.207. The molecule has 0 bridgehead atoms. The molecule has 1 aliphatic carbocycles. The van der Waals surface area contributed by atoms with Crippen LogP contribution in [0.15, 0.2) is 65.3 Å². The SMILES string of the molecule is COc1ccc2c(c1)C=CC=C1C=C(n3nc(Nc4ccc(N5CCC(N6CCCC6)CC5)c(F)c4)nc3N)NN=C12. The summed E-state index contributed by atoms with van der Waals surface area (Å²) >= 11 is 0. The number of rotatable bonds is 6. The molecule has 3 aliphatic heterocycles. The number of hydrazone groups is 1. The molecule has 42 heavy (non-hydrogen) atoms. The second kappa shape index (κ2) is 11.0. The quantitative estimate of drug-likeness (QED) is 0.398. The van der Waals surface area contributed by atoms with Crippen LogP contribution in [0.5, 0.6) is 5.75 Å². The highest BCUT2D eigenvalue weighted by atomic mass is 19.1. The van der Waals surface area contributed by atoms with Gasteiger partial charge in [-0.3, -0.25) is 5.43 Å². The van der Waals surface area contributed by atoms with Crippen LogP contribution >= 0.6 is 0 Å². The summed E-state index contributed by atoms with van der Waals surface area (Å²) in [5, 5.41) is 12.2. The van der Waals surface area contributed by atoms with E-state index in [4.69, 9.17) is 10.5 Å². The summed E-state index contributed by atoms with van der Waals surface area (Å²) in [5.41, 5.74) is 14.2. The molecule has 216 valence electrons. The van der Waals surface area contributed by atoms with Crippen molar-refractivity contribution < 1.29 is 9.13 Å². The van der Waals surface area contributed by atoms with Crippen molar-refractivity contribution in [3.05, 3.63) is 77.1 Å². The van der Waals surface area contributed by atoms with Crippen LogP contribution in [0.4, 0.5) is 27.7 Å². The number of allylic oxidation sites excluding steroid dienone is 4. The summed E-state index contributed by atoms with van der Waals surface area (Å²) < 4.78 is 22.1. The Morgan fingerprint density at radius 3 is 2.69 bits per heavy atom. The van der Waals surface area contributed by atoms with Crippen LogP contribution in [0.3, 0.4) is 0 Å². The number of fused-ring (bicyclic) bond motifs is 3. The lowest BCUT2D eigenvalue weighted by Crippen LogP contribution is -2.44. The van der Waals surface area contributed by atoms with E-state index in [-0.39, 0.29) is 17.7 Å². The summed E-state index contributed by atoms with van der Waals surface area (Å²) in [6.45, 7) is 4.14. The zero-order chi connectivity index (χ0) is 28.6. The van der Waals surface area contributed by atoms with Gasteiger partial charge in [0.15, 0.2) is 5.82 Å². The Morgan fingerprint density at radius 1 is 1.07 bits per heavy atom. The van der Waals surface area contributed by atoms with Gasteiger partial charge in [-0.1, -0.05) is 18.2 Å². The van der Waals surface area contributed by atoms with E-state index in [1.54, 1.807) is 7.11 Å². The molecule has 0 saturated carbocycles. The van der Waals surface area contributed by atoms with E-state index in [0.717, 1.165) is 54.1 Å². The lowest BCUT2D eigenvalue weighted by Gasteiger charge is -2.37. The Morgan fingerprint density at radius 2 is 1.90 bits per heavy atom. The smallest absolute Gasteiger partial charge is 0.248 e. The second-order valence-electron chi connectivity index (χ2n) is 11.0. The van der Waals surface area contributed by atoms with Crippen LogP contribution in [-0.2, 0) is 0 Å². The van der Waals surface area contributed by atoms with Gasteiger partial charge in [0, 0.05) is 36.0 Å². The number of nitrogens with zero attached hydrogens (tertiary/aromatic N) is 6. The zero-order valence-electron chi connectivity index (χ0n) is 23.6. The van der Waals surface area contributed by atoms with Gasteiger partial charge in [-0.2, -0.15) is 14.8 Å². The molecule has 2 fully saturated rings. The van der Waals surface area contributed by atoms with Crippen molar-refractivity contribution in [2.75, 3.05) is 49.2 Å². The molecule has 4 aliphatic rings. The first-order chi connectivity index (χ1) is 20.6. The van der Waals surface area contributed by atoms with Crippen LogP contribution < -0.4 is 26.1 Å². The Hall–Kier alpha value is -4.64. The molecule has 1 aromatic heterocycles. The van der Waals surface area contributed by atoms with E-state index in [2.05, 4.69) is 35.7 Å². The number of benzene rings is 2. The topological polar surface area (TPSA) is 109 Å². The zero-order valence-corrected chi connectivity index (χ0v) is 23.6. The molecule has 0 spiro atoms. The maximum absolute atomic E-state index is 15.2. The number of nitrogens with one attached hydrogen (secondary N) is 2. The minimum absolute atomic E-state index is 0.169. The van der Waals surface area contributed by atoms with Crippen LogP contribution in [0.2, 0.25) is 0 Å². The molecule has 10 nitrogen and oxygen atoms in total. The standard InChI is InChI=1S/C31H34FN9O/c1-42-24-8-9-25-20(17-24)5-4-6-21-18-28(36-37-29(21)25)41-30(33)35-31(38-41)34-22-7-10-27(26(32)19-22)40-15-11-23(12-16-40)39-13-2-3-14-39/h4-10,17-19,23,36H,2-3,11-16H2,1H3,(H3,33,34,35,38). The van der Waals surface area contributed by atoms with Crippen LogP contribution in [-0.4, -0.2) is 64.7 Å². The number of ether oxygens (including phenoxy) is 1. The Bertz CT molecular complexity index is 1620. The maximum Gasteiger partial charge on any atom is 0.248 e. The van der Waals surface area contributed by atoms with Crippen molar-refractivity contribution in [1.82, 2.24) is 25.1 Å². The molecular formula is C31H34FN9O. The summed E-state index contributed by atoms with van der Waals surface area (Å²) in [7, 11) is 1.65. The summed E-state index contributed by atoms with van der Waals surface area (Å²) in [4.78, 5) is 9.10. The first-order valence-corrected chi connectivity index (χ1v) is 14.5. The van der Waals surface area contributed by atoms with Crippen molar-refractivity contribution in [3.8, 4) is 5.75 Å². The summed E-state index contributed by atoms with van der Waals surface area (Å²) in [5.74, 6) is 1.49. The van der Waals surface area contributed by atoms with Gasteiger partial charge in [-0.25, -0.2) is 4.39 Å². The van der Waals surface area contributed by atoms with E-state index >= 15 is 4.39 Å². The highest BCUT2D eigenvalue weighted by molar-refractivity contribution is 6.18. The third-order valence-electron chi connectivity index (χ3n) is 8.44. The number of halogens is 1. The number of methoxy groups -OCH3 is 1. The molecule has 3 aromatic rings. The van der Waals surface area contributed by atoms with E-state index in [9.17, 15) is 0 Å². The van der Waals surface area contributed by atoms with Crippen molar-refractivity contribution >= 4 is 40.9 Å². The number of hydrogen-bond donors (Lipinski definition) is 3. The predicted octanol–water partition coefficient (Wildman–Crippen LogP) is 4.58. The fourth-order valence-electron chi connectivity index (χ4n) is 6.26. The molecule has 4 heterocycles. The molecule has 7 rings (SSSR count). The Labute approximate surface area is 244 Å². The maximum atomic E-state index is 15.2. The highest BCUT2D eigenvalue weighted by Gasteiger charge is 2.27. The first kappa shape index (κ1) is 26.3. The highest BCUT2D eigenvalue weighted by Crippen LogP contribution is 2.30. The number of anilines is 4. The van der Waals surface area contributed by atoms with Gasteiger partial charge < -0.3 is 25.6 Å². The van der Waals surface area contributed by atoms with Gasteiger partial charge >= 0.3 is 0 Å². The predicted molar refractivity (Wildman–Crippen MR) is 164 cm³/mol. The van der Waals surface area contributed by atoms with Crippen LogP contribution in [0.1, 0.15) is 36.8 Å². The number of hydrogen-bond acceptors (Lipinski definition) is 9.